The first-order valence-electron chi connectivity index (χ1n) is 6.83. The van der Waals surface area contributed by atoms with Crippen LogP contribution >= 0.6 is 0 Å². The summed E-state index contributed by atoms with van der Waals surface area (Å²) in [7, 11) is 0. The summed E-state index contributed by atoms with van der Waals surface area (Å²) in [5.41, 5.74) is 1.26. The van der Waals surface area contributed by atoms with E-state index in [1.165, 1.54) is 5.56 Å². The molecule has 1 aliphatic rings. The SMILES string of the molecule is CC(C)NCc1noc(C2(c3ccccc3)CC2)n1. The lowest BCUT2D eigenvalue weighted by molar-refractivity contribution is 0.354. The molecule has 1 aliphatic carbocycles. The normalized spacial score (nSPS) is 16.8. The van der Waals surface area contributed by atoms with Crippen molar-refractivity contribution in [3.8, 4) is 0 Å². The van der Waals surface area contributed by atoms with E-state index in [-0.39, 0.29) is 5.41 Å². The van der Waals surface area contributed by atoms with Gasteiger partial charge in [-0.3, -0.25) is 0 Å². The second kappa shape index (κ2) is 4.78. The van der Waals surface area contributed by atoms with Crippen molar-refractivity contribution in [3.63, 3.8) is 0 Å². The molecule has 1 N–H and O–H groups in total. The molecule has 100 valence electrons. The Balaban J connectivity index is 1.79. The molecule has 0 aliphatic heterocycles. The van der Waals surface area contributed by atoms with Crippen LogP contribution in [-0.2, 0) is 12.0 Å². The Morgan fingerprint density at radius 2 is 2.00 bits per heavy atom. The van der Waals surface area contributed by atoms with Crippen molar-refractivity contribution < 1.29 is 4.52 Å². The minimum absolute atomic E-state index is 0.0235. The summed E-state index contributed by atoms with van der Waals surface area (Å²) >= 11 is 0. The molecule has 1 aromatic carbocycles. The highest BCUT2D eigenvalue weighted by Gasteiger charge is 2.50. The van der Waals surface area contributed by atoms with E-state index in [1.807, 2.05) is 6.07 Å². The van der Waals surface area contributed by atoms with E-state index in [0.29, 0.717) is 12.6 Å². The van der Waals surface area contributed by atoms with Gasteiger partial charge in [-0.15, -0.1) is 0 Å². The van der Waals surface area contributed by atoms with E-state index < -0.39 is 0 Å². The lowest BCUT2D eigenvalue weighted by atomic mass is 9.96. The summed E-state index contributed by atoms with van der Waals surface area (Å²) in [5, 5.41) is 7.37. The minimum atomic E-state index is -0.0235. The maximum absolute atomic E-state index is 5.48. The van der Waals surface area contributed by atoms with Gasteiger partial charge < -0.3 is 9.84 Å². The minimum Gasteiger partial charge on any atom is -0.338 e. The van der Waals surface area contributed by atoms with Crippen LogP contribution in [0.4, 0.5) is 0 Å². The van der Waals surface area contributed by atoms with Gasteiger partial charge in [0.25, 0.3) is 0 Å². The van der Waals surface area contributed by atoms with Crippen LogP contribution in [0.15, 0.2) is 34.9 Å². The van der Waals surface area contributed by atoms with Gasteiger partial charge in [0, 0.05) is 6.04 Å². The van der Waals surface area contributed by atoms with Crippen LogP contribution in [0.5, 0.6) is 0 Å². The molecule has 1 saturated carbocycles. The fraction of sp³-hybridized carbons (Fsp3) is 0.467. The number of benzene rings is 1. The zero-order chi connectivity index (χ0) is 13.3. The van der Waals surface area contributed by atoms with E-state index in [9.17, 15) is 0 Å². The van der Waals surface area contributed by atoms with Crippen LogP contribution in [0.2, 0.25) is 0 Å². The van der Waals surface area contributed by atoms with E-state index in [4.69, 9.17) is 4.52 Å². The molecule has 0 saturated heterocycles. The van der Waals surface area contributed by atoms with Crippen molar-refractivity contribution in [1.29, 1.82) is 0 Å². The summed E-state index contributed by atoms with van der Waals surface area (Å²) < 4.78 is 5.48. The number of hydrogen-bond donors (Lipinski definition) is 1. The van der Waals surface area contributed by atoms with Crippen molar-refractivity contribution in [2.24, 2.45) is 0 Å². The van der Waals surface area contributed by atoms with Crippen LogP contribution in [0.1, 0.15) is 44.0 Å². The fourth-order valence-corrected chi connectivity index (χ4v) is 2.32. The Hall–Kier alpha value is -1.68. The molecule has 0 radical (unpaired) electrons. The number of aromatic nitrogens is 2. The molecule has 1 heterocycles. The van der Waals surface area contributed by atoms with E-state index in [0.717, 1.165) is 24.6 Å². The average molecular weight is 257 g/mol. The Morgan fingerprint density at radius 1 is 1.26 bits per heavy atom. The molecule has 1 fully saturated rings. The van der Waals surface area contributed by atoms with Gasteiger partial charge in [0.2, 0.25) is 5.89 Å². The Labute approximate surface area is 113 Å². The summed E-state index contributed by atoms with van der Waals surface area (Å²) in [6.45, 7) is 4.87. The first-order chi connectivity index (χ1) is 9.21. The van der Waals surface area contributed by atoms with Gasteiger partial charge in [-0.05, 0) is 18.4 Å². The van der Waals surface area contributed by atoms with Crippen molar-refractivity contribution in [2.75, 3.05) is 0 Å². The summed E-state index contributed by atoms with van der Waals surface area (Å²) in [6, 6.07) is 10.9. The largest absolute Gasteiger partial charge is 0.338 e. The number of hydrogen-bond acceptors (Lipinski definition) is 4. The molecule has 1 aromatic heterocycles. The van der Waals surface area contributed by atoms with Crippen LogP contribution in [-0.4, -0.2) is 16.2 Å². The zero-order valence-electron chi connectivity index (χ0n) is 11.4. The van der Waals surface area contributed by atoms with E-state index in [1.54, 1.807) is 0 Å². The van der Waals surface area contributed by atoms with Crippen molar-refractivity contribution in [2.45, 2.75) is 44.7 Å². The van der Waals surface area contributed by atoms with Crippen LogP contribution in [0, 0.1) is 0 Å². The molecule has 4 heteroatoms. The van der Waals surface area contributed by atoms with Gasteiger partial charge in [-0.25, -0.2) is 0 Å². The third-order valence-corrected chi connectivity index (χ3v) is 3.62. The Morgan fingerprint density at radius 3 is 2.63 bits per heavy atom. The van der Waals surface area contributed by atoms with Crippen LogP contribution in [0.25, 0.3) is 0 Å². The molecule has 19 heavy (non-hydrogen) atoms. The predicted octanol–water partition coefficient (Wildman–Crippen LogP) is 2.65. The second-order valence-corrected chi connectivity index (χ2v) is 5.50. The van der Waals surface area contributed by atoms with Crippen molar-refractivity contribution in [3.05, 3.63) is 47.6 Å². The van der Waals surface area contributed by atoms with Gasteiger partial charge >= 0.3 is 0 Å². The van der Waals surface area contributed by atoms with Gasteiger partial charge in [0.05, 0.1) is 12.0 Å². The van der Waals surface area contributed by atoms with Crippen molar-refractivity contribution in [1.82, 2.24) is 15.5 Å². The molecule has 0 atom stereocenters. The highest BCUT2D eigenvalue weighted by atomic mass is 16.5. The number of nitrogens with one attached hydrogen (secondary N) is 1. The standard InChI is InChI=1S/C15H19N3O/c1-11(2)16-10-13-17-14(19-18-13)15(8-9-15)12-6-4-3-5-7-12/h3-7,11,16H,8-10H2,1-2H3. The van der Waals surface area contributed by atoms with Crippen LogP contribution in [0.3, 0.4) is 0 Å². The lowest BCUT2D eigenvalue weighted by Crippen LogP contribution is -2.22. The van der Waals surface area contributed by atoms with Crippen molar-refractivity contribution >= 4 is 0 Å². The zero-order valence-corrected chi connectivity index (χ0v) is 11.4. The molecule has 0 bridgehead atoms. The smallest absolute Gasteiger partial charge is 0.237 e. The molecule has 0 amide bonds. The maximum atomic E-state index is 5.48. The van der Waals surface area contributed by atoms with Gasteiger partial charge in [-0.2, -0.15) is 4.98 Å². The van der Waals surface area contributed by atoms with Gasteiger partial charge in [-0.1, -0.05) is 49.3 Å². The Kier molecular flexibility index (Phi) is 3.11. The van der Waals surface area contributed by atoms with E-state index >= 15 is 0 Å². The first kappa shape index (κ1) is 12.4. The Bertz CT molecular complexity index is 544. The molecular weight excluding hydrogens is 238 g/mol. The molecule has 3 rings (SSSR count). The quantitative estimate of drug-likeness (QED) is 0.894. The number of nitrogens with zero attached hydrogens (tertiary/aromatic N) is 2. The third kappa shape index (κ3) is 2.40. The number of rotatable bonds is 5. The average Bonchev–Trinajstić information content (AvgIpc) is 3.10. The highest BCUT2D eigenvalue weighted by Crippen LogP contribution is 2.52. The molecule has 2 aromatic rings. The maximum Gasteiger partial charge on any atom is 0.237 e. The monoisotopic (exact) mass is 257 g/mol. The molecule has 0 unspecified atom stereocenters. The molecule has 4 nitrogen and oxygen atoms in total. The predicted molar refractivity (Wildman–Crippen MR) is 72.7 cm³/mol. The summed E-state index contributed by atoms with van der Waals surface area (Å²) in [4.78, 5) is 4.55. The van der Waals surface area contributed by atoms with Crippen LogP contribution < -0.4 is 5.32 Å². The summed E-state index contributed by atoms with van der Waals surface area (Å²) in [6.07, 6.45) is 2.19. The van der Waals surface area contributed by atoms with E-state index in [2.05, 4.69) is 53.6 Å². The van der Waals surface area contributed by atoms with Gasteiger partial charge in [0.15, 0.2) is 5.82 Å². The third-order valence-electron chi connectivity index (χ3n) is 3.62. The van der Waals surface area contributed by atoms with Gasteiger partial charge in [0.1, 0.15) is 0 Å². The summed E-state index contributed by atoms with van der Waals surface area (Å²) in [5.74, 6) is 1.50. The first-order valence-corrected chi connectivity index (χ1v) is 6.83. The second-order valence-electron chi connectivity index (χ2n) is 5.50. The topological polar surface area (TPSA) is 51.0 Å². The lowest BCUT2D eigenvalue weighted by Gasteiger charge is -2.09. The fourth-order valence-electron chi connectivity index (χ4n) is 2.32. The highest BCUT2D eigenvalue weighted by molar-refractivity contribution is 5.37. The molecular formula is C15H19N3O. The molecule has 0 spiro atoms.